The first-order valence-corrected chi connectivity index (χ1v) is 12.9. The number of phosphoric ester groups is 2. The van der Waals surface area contributed by atoms with Gasteiger partial charge in [-0.25, -0.2) is 13.9 Å². The van der Waals surface area contributed by atoms with Gasteiger partial charge in [0, 0.05) is 24.6 Å². The number of aliphatic hydroxyl groups excluding tert-OH is 2. The fourth-order valence-electron chi connectivity index (χ4n) is 3.31. The number of aliphatic hydroxyl groups is 2. The predicted molar refractivity (Wildman–Crippen MR) is 108 cm³/mol. The van der Waals surface area contributed by atoms with Gasteiger partial charge < -0.3 is 29.5 Å². The van der Waals surface area contributed by atoms with Gasteiger partial charge in [0.1, 0.15) is 24.5 Å². The van der Waals surface area contributed by atoms with Crippen LogP contribution in [0.25, 0.3) is 0 Å². The maximum absolute atomic E-state index is 12.1. The van der Waals surface area contributed by atoms with Gasteiger partial charge in [0.25, 0.3) is 5.56 Å². The van der Waals surface area contributed by atoms with Crippen molar-refractivity contribution >= 4 is 21.4 Å². The Labute approximate surface area is 191 Å². The summed E-state index contributed by atoms with van der Waals surface area (Å²) >= 11 is 0. The molecule has 2 fully saturated rings. The molecule has 8 atom stereocenters. The number of aromatic nitrogens is 2. The lowest BCUT2D eigenvalue weighted by molar-refractivity contribution is -0.185. The van der Waals surface area contributed by atoms with Crippen LogP contribution >= 0.6 is 15.6 Å². The molecule has 0 aromatic carbocycles. The zero-order chi connectivity index (χ0) is 25.4. The molecule has 1 aromatic rings. The quantitative estimate of drug-likeness (QED) is 0.249. The molecule has 3 rings (SSSR count). The third-order valence-electron chi connectivity index (χ3n) is 5.02. The number of phosphoric acid groups is 2. The SMILES string of the molecule is Cc1cn([C@H]2C[C@H](O)[C@@H](COP(=O)(O)OP(=O)(O)O[C@@H]3C[C@@H](O)C(=O)[C@@H](C)O3)O2)c(=O)[nH]c1=O. The van der Waals surface area contributed by atoms with Gasteiger partial charge in [0.15, 0.2) is 12.1 Å². The first-order chi connectivity index (χ1) is 15.7. The second kappa shape index (κ2) is 10.2. The first-order valence-electron chi connectivity index (χ1n) is 9.90. The normalized spacial score (nSPS) is 33.4. The Balaban J connectivity index is 1.57. The van der Waals surface area contributed by atoms with E-state index >= 15 is 0 Å². The van der Waals surface area contributed by atoms with Crippen molar-refractivity contribution < 1.29 is 56.8 Å². The van der Waals surface area contributed by atoms with Gasteiger partial charge in [-0.05, 0) is 13.8 Å². The highest BCUT2D eigenvalue weighted by Gasteiger charge is 2.43. The molecule has 0 aliphatic carbocycles. The lowest BCUT2D eigenvalue weighted by atomic mass is 10.1. The Morgan fingerprint density at radius 3 is 2.47 bits per heavy atom. The largest absolute Gasteiger partial charge is 0.483 e. The summed E-state index contributed by atoms with van der Waals surface area (Å²) in [5.74, 6) is -0.669. The highest BCUT2D eigenvalue weighted by Crippen LogP contribution is 2.61. The van der Waals surface area contributed by atoms with E-state index in [0.717, 1.165) is 4.57 Å². The lowest BCUT2D eigenvalue weighted by Crippen LogP contribution is -2.43. The number of nitrogens with zero attached hydrogens (tertiary/aromatic N) is 1. The van der Waals surface area contributed by atoms with E-state index in [4.69, 9.17) is 9.47 Å². The van der Waals surface area contributed by atoms with E-state index in [0.29, 0.717) is 0 Å². The van der Waals surface area contributed by atoms with E-state index < -0.39 is 82.6 Å². The minimum Gasteiger partial charge on any atom is -0.390 e. The van der Waals surface area contributed by atoms with Crippen LogP contribution in [-0.2, 0) is 36.8 Å². The first kappa shape index (κ1) is 27.0. The molecule has 0 amide bonds. The van der Waals surface area contributed by atoms with Gasteiger partial charge in [-0.1, -0.05) is 0 Å². The van der Waals surface area contributed by atoms with Crippen molar-refractivity contribution in [1.82, 2.24) is 9.55 Å². The number of carbonyl (C=O) groups is 1. The van der Waals surface area contributed by atoms with Crippen molar-refractivity contribution in [2.75, 3.05) is 6.61 Å². The number of hydrogen-bond acceptors (Lipinski definition) is 12. The van der Waals surface area contributed by atoms with Gasteiger partial charge in [0.2, 0.25) is 0 Å². The van der Waals surface area contributed by atoms with Gasteiger partial charge in [-0.3, -0.25) is 28.2 Å². The lowest BCUT2D eigenvalue weighted by Gasteiger charge is -2.30. The van der Waals surface area contributed by atoms with Gasteiger partial charge in [-0.2, -0.15) is 4.31 Å². The van der Waals surface area contributed by atoms with E-state index in [2.05, 4.69) is 18.3 Å². The zero-order valence-corrected chi connectivity index (χ0v) is 19.7. The fraction of sp³-hybridized carbons (Fsp3) is 0.688. The predicted octanol–water partition coefficient (Wildman–Crippen LogP) is -1.19. The molecule has 16 nitrogen and oxygen atoms in total. The maximum atomic E-state index is 12.1. The Morgan fingerprint density at radius 2 is 1.82 bits per heavy atom. The van der Waals surface area contributed by atoms with Gasteiger partial charge in [0.05, 0.1) is 12.7 Å². The van der Waals surface area contributed by atoms with Crippen LogP contribution in [0.15, 0.2) is 15.8 Å². The van der Waals surface area contributed by atoms with Crippen LogP contribution < -0.4 is 11.2 Å². The molecule has 0 radical (unpaired) electrons. The highest BCUT2D eigenvalue weighted by atomic mass is 31.3. The van der Waals surface area contributed by atoms with E-state index in [1.807, 2.05) is 0 Å². The number of Topliss-reactive ketones (excluding diaryl/α,β-unsaturated/α-hetero) is 1. The highest BCUT2D eigenvalue weighted by molar-refractivity contribution is 7.61. The van der Waals surface area contributed by atoms with Crippen LogP contribution in [0.1, 0.15) is 31.6 Å². The number of nitrogens with one attached hydrogen (secondary N) is 1. The third-order valence-corrected chi connectivity index (χ3v) is 7.65. The van der Waals surface area contributed by atoms with E-state index in [1.165, 1.54) is 20.0 Å². The number of aryl methyl sites for hydroxylation is 1. The van der Waals surface area contributed by atoms with Crippen LogP contribution in [0.4, 0.5) is 0 Å². The van der Waals surface area contributed by atoms with Crippen molar-refractivity contribution in [1.29, 1.82) is 0 Å². The van der Waals surface area contributed by atoms with Crippen molar-refractivity contribution in [2.24, 2.45) is 0 Å². The molecule has 34 heavy (non-hydrogen) atoms. The molecule has 2 aliphatic rings. The van der Waals surface area contributed by atoms with Gasteiger partial charge >= 0.3 is 21.3 Å². The second-order valence-electron chi connectivity index (χ2n) is 7.69. The Morgan fingerprint density at radius 1 is 1.15 bits per heavy atom. The van der Waals surface area contributed by atoms with Crippen LogP contribution in [0.2, 0.25) is 0 Å². The van der Waals surface area contributed by atoms with Crippen molar-refractivity contribution in [3.05, 3.63) is 32.6 Å². The number of hydrogen-bond donors (Lipinski definition) is 5. The van der Waals surface area contributed by atoms with E-state index in [1.54, 1.807) is 0 Å². The molecule has 0 saturated carbocycles. The number of aromatic amines is 1. The molecule has 192 valence electrons. The molecular weight excluding hydrogens is 506 g/mol. The smallest absolute Gasteiger partial charge is 0.390 e. The van der Waals surface area contributed by atoms with E-state index in [-0.39, 0.29) is 12.0 Å². The molecule has 2 saturated heterocycles. The van der Waals surface area contributed by atoms with Crippen LogP contribution in [0.5, 0.6) is 0 Å². The molecule has 2 unspecified atom stereocenters. The monoisotopic (exact) mass is 530 g/mol. The molecule has 0 spiro atoms. The summed E-state index contributed by atoms with van der Waals surface area (Å²) in [6, 6.07) is 0. The molecule has 1 aromatic heterocycles. The summed E-state index contributed by atoms with van der Waals surface area (Å²) in [5.41, 5.74) is -1.18. The number of carbonyl (C=O) groups excluding carboxylic acids is 1. The Hall–Kier alpha value is -1.55. The van der Waals surface area contributed by atoms with Gasteiger partial charge in [-0.15, -0.1) is 0 Å². The molecular formula is C16H24N2O14P2. The molecule has 18 heteroatoms. The summed E-state index contributed by atoms with van der Waals surface area (Å²) < 4.78 is 49.1. The molecule has 5 N–H and O–H groups in total. The summed E-state index contributed by atoms with van der Waals surface area (Å²) in [5, 5.41) is 19.8. The summed E-state index contributed by atoms with van der Waals surface area (Å²) in [6.07, 6.45) is -7.22. The van der Waals surface area contributed by atoms with E-state index in [9.17, 15) is 43.5 Å². The summed E-state index contributed by atoms with van der Waals surface area (Å²) in [7, 11) is -10.5. The van der Waals surface area contributed by atoms with Crippen molar-refractivity contribution in [2.45, 2.75) is 63.6 Å². The minimum atomic E-state index is -5.28. The standard InChI is InChI=1S/C16H24N2O14P2/c1-7-5-18(16(23)17-15(7)22)12-3-9(19)11(30-12)6-28-33(24,25)32-34(26,27)31-13-4-10(20)14(21)8(2)29-13/h5,8-13,19-20H,3-4,6H2,1-2H3,(H,24,25)(H,26,27)(H,17,22,23)/t8-,9+,10-,11-,12-,13-/m1/s1. The number of H-pyrrole nitrogens is 1. The average molecular weight is 530 g/mol. The van der Waals surface area contributed by atoms with Crippen LogP contribution in [-0.4, -0.2) is 72.6 Å². The maximum Gasteiger partial charge on any atom is 0.483 e. The zero-order valence-electron chi connectivity index (χ0n) is 17.9. The molecule has 2 aliphatic heterocycles. The average Bonchev–Trinajstić information content (AvgIpc) is 3.06. The third kappa shape index (κ3) is 6.56. The van der Waals surface area contributed by atoms with Crippen molar-refractivity contribution in [3.8, 4) is 0 Å². The minimum absolute atomic E-state index is 0.129. The number of rotatable bonds is 8. The number of ketones is 1. The summed E-state index contributed by atoms with van der Waals surface area (Å²) in [6.45, 7) is 1.94. The number of ether oxygens (including phenoxy) is 2. The Bertz CT molecular complexity index is 1120. The molecule has 0 bridgehead atoms. The fourth-order valence-corrected chi connectivity index (χ4v) is 5.47. The Kier molecular flexibility index (Phi) is 8.12. The summed E-state index contributed by atoms with van der Waals surface area (Å²) in [4.78, 5) is 56.6. The molecule has 3 heterocycles. The van der Waals surface area contributed by atoms with Crippen molar-refractivity contribution in [3.63, 3.8) is 0 Å². The van der Waals surface area contributed by atoms with Crippen LogP contribution in [0, 0.1) is 6.92 Å². The second-order valence-corrected chi connectivity index (χ2v) is 10.7. The topological polar surface area (TPSA) is 233 Å². The van der Waals surface area contributed by atoms with Crippen LogP contribution in [0.3, 0.4) is 0 Å².